The number of rotatable bonds is 5. The molecule has 4 aliphatic rings. The van der Waals surface area contributed by atoms with Crippen LogP contribution in [-0.2, 0) is 19.0 Å². The van der Waals surface area contributed by atoms with Crippen LogP contribution in [0.1, 0.15) is 80.6 Å². The lowest BCUT2D eigenvalue weighted by molar-refractivity contribution is -0.329. The Hall–Kier alpha value is -0.690. The molecule has 4 rings (SSSR count). The van der Waals surface area contributed by atoms with E-state index in [9.17, 15) is 15.0 Å². The van der Waals surface area contributed by atoms with Gasteiger partial charge < -0.3 is 24.4 Å². The standard InChI is InChI=1S/C26H44O6/c1-8-13(2)23(29)31-22-21(28)20(27)15(4)30-24(22)32-26(7)12-11-17-19(25(17,5)6)18-14(3)9-10-16(18)26/h13-22,24,27-28H,8-12H2,1-7H3/t13?,14-,15-,16?,17?,18?,19?,20+,21+,22-,24+,26-/m1/s1. The maximum atomic E-state index is 12.6. The molecule has 0 aromatic rings. The number of hydrogen-bond acceptors (Lipinski definition) is 6. The lowest BCUT2D eigenvalue weighted by Gasteiger charge is -2.47. The predicted molar refractivity (Wildman–Crippen MR) is 121 cm³/mol. The van der Waals surface area contributed by atoms with E-state index in [4.69, 9.17) is 14.2 Å². The van der Waals surface area contributed by atoms with Gasteiger partial charge in [0.1, 0.15) is 12.2 Å². The Labute approximate surface area is 193 Å². The Bertz CT molecular complexity index is 708. The summed E-state index contributed by atoms with van der Waals surface area (Å²) in [4.78, 5) is 12.6. The molecule has 3 aliphatic carbocycles. The normalized spacial score (nSPS) is 50.7. The topological polar surface area (TPSA) is 85.2 Å². The van der Waals surface area contributed by atoms with Gasteiger partial charge in [-0.1, -0.05) is 41.0 Å². The molecule has 6 heteroatoms. The van der Waals surface area contributed by atoms with E-state index < -0.39 is 42.3 Å². The molecule has 0 spiro atoms. The van der Waals surface area contributed by atoms with E-state index >= 15 is 0 Å². The van der Waals surface area contributed by atoms with Crippen LogP contribution in [0.25, 0.3) is 0 Å². The highest BCUT2D eigenvalue weighted by Gasteiger charge is 2.67. The Balaban J connectivity index is 1.58. The van der Waals surface area contributed by atoms with Gasteiger partial charge in [-0.15, -0.1) is 0 Å². The van der Waals surface area contributed by atoms with Gasteiger partial charge >= 0.3 is 5.97 Å². The van der Waals surface area contributed by atoms with Gasteiger partial charge in [0.2, 0.25) is 0 Å². The maximum absolute atomic E-state index is 12.6. The molecule has 32 heavy (non-hydrogen) atoms. The lowest BCUT2D eigenvalue weighted by Crippen LogP contribution is -2.61. The van der Waals surface area contributed by atoms with Crippen LogP contribution >= 0.6 is 0 Å². The molecule has 0 aromatic heterocycles. The molecule has 184 valence electrons. The maximum Gasteiger partial charge on any atom is 0.309 e. The molecule has 5 unspecified atom stereocenters. The molecule has 0 aromatic carbocycles. The number of esters is 1. The van der Waals surface area contributed by atoms with Crippen LogP contribution < -0.4 is 0 Å². The van der Waals surface area contributed by atoms with Crippen molar-refractivity contribution in [2.24, 2.45) is 40.9 Å². The Morgan fingerprint density at radius 1 is 1.09 bits per heavy atom. The van der Waals surface area contributed by atoms with Crippen molar-refractivity contribution in [3.8, 4) is 0 Å². The third-order valence-electron chi connectivity index (χ3n) is 9.78. The molecule has 12 atom stereocenters. The first kappa shape index (κ1) is 24.4. The second kappa shape index (κ2) is 8.51. The van der Waals surface area contributed by atoms with Gasteiger partial charge in [-0.3, -0.25) is 4.79 Å². The zero-order valence-electron chi connectivity index (χ0n) is 20.9. The van der Waals surface area contributed by atoms with Crippen molar-refractivity contribution in [2.75, 3.05) is 0 Å². The van der Waals surface area contributed by atoms with Crippen molar-refractivity contribution in [3.05, 3.63) is 0 Å². The second-order valence-electron chi connectivity index (χ2n) is 12.1. The molecular weight excluding hydrogens is 408 g/mol. The van der Waals surface area contributed by atoms with E-state index in [1.807, 2.05) is 6.92 Å². The van der Waals surface area contributed by atoms with E-state index in [0.717, 1.165) is 31.1 Å². The molecule has 0 radical (unpaired) electrons. The minimum Gasteiger partial charge on any atom is -0.454 e. The SMILES string of the molecule is CCC(C)C(=O)O[C@H]1[C@H](O[C@]2(C)CCC3C(C4C2CC[C@H]4C)C3(C)C)O[C@H](C)[C@H](O)[C@@H]1O. The third kappa shape index (κ3) is 3.93. The summed E-state index contributed by atoms with van der Waals surface area (Å²) in [5.41, 5.74) is -0.000282. The largest absolute Gasteiger partial charge is 0.454 e. The molecule has 0 bridgehead atoms. The van der Waals surface area contributed by atoms with Crippen molar-refractivity contribution in [1.29, 1.82) is 0 Å². The summed E-state index contributed by atoms with van der Waals surface area (Å²) in [6.45, 7) is 14.9. The predicted octanol–water partition coefficient (Wildman–Crippen LogP) is 3.91. The fraction of sp³-hybridized carbons (Fsp3) is 0.962. The van der Waals surface area contributed by atoms with E-state index in [2.05, 4.69) is 27.7 Å². The van der Waals surface area contributed by atoms with E-state index in [1.165, 1.54) is 6.42 Å². The second-order valence-corrected chi connectivity index (χ2v) is 12.1. The molecule has 3 saturated carbocycles. The molecule has 1 aliphatic heterocycles. The van der Waals surface area contributed by atoms with Crippen LogP contribution in [0.2, 0.25) is 0 Å². The molecule has 6 nitrogen and oxygen atoms in total. The number of fused-ring (bicyclic) bond motifs is 3. The van der Waals surface area contributed by atoms with Crippen LogP contribution in [0, 0.1) is 40.9 Å². The average Bonchev–Trinajstić information content (AvgIpc) is 3.11. The quantitative estimate of drug-likeness (QED) is 0.615. The Morgan fingerprint density at radius 3 is 2.44 bits per heavy atom. The fourth-order valence-corrected chi connectivity index (χ4v) is 7.32. The van der Waals surface area contributed by atoms with E-state index in [-0.39, 0.29) is 5.92 Å². The number of carbonyl (C=O) groups excluding carboxylic acids is 1. The van der Waals surface area contributed by atoms with Crippen LogP contribution in [0.15, 0.2) is 0 Å². The number of ether oxygens (including phenoxy) is 3. The summed E-state index contributed by atoms with van der Waals surface area (Å²) in [7, 11) is 0. The van der Waals surface area contributed by atoms with Gasteiger partial charge in [0.15, 0.2) is 12.4 Å². The van der Waals surface area contributed by atoms with Crippen molar-refractivity contribution < 1.29 is 29.2 Å². The highest BCUT2D eigenvalue weighted by molar-refractivity contribution is 5.72. The number of hydrogen-bond donors (Lipinski definition) is 2. The van der Waals surface area contributed by atoms with Crippen LogP contribution in [0.5, 0.6) is 0 Å². The summed E-state index contributed by atoms with van der Waals surface area (Å²) < 4.78 is 18.5. The van der Waals surface area contributed by atoms with Gasteiger partial charge in [0, 0.05) is 0 Å². The summed E-state index contributed by atoms with van der Waals surface area (Å²) in [6, 6.07) is 0. The zero-order chi connectivity index (χ0) is 23.6. The van der Waals surface area contributed by atoms with Gasteiger partial charge in [-0.05, 0) is 74.5 Å². The first-order chi connectivity index (χ1) is 14.9. The molecular formula is C26H44O6. The Morgan fingerprint density at radius 2 is 1.78 bits per heavy atom. The average molecular weight is 453 g/mol. The third-order valence-corrected chi connectivity index (χ3v) is 9.78. The molecule has 1 saturated heterocycles. The molecule has 4 fully saturated rings. The van der Waals surface area contributed by atoms with E-state index in [0.29, 0.717) is 29.6 Å². The number of aliphatic hydroxyl groups is 2. The van der Waals surface area contributed by atoms with Crippen LogP contribution in [0.4, 0.5) is 0 Å². The first-order valence-electron chi connectivity index (χ1n) is 12.8. The smallest absolute Gasteiger partial charge is 0.309 e. The lowest BCUT2D eigenvalue weighted by atomic mass is 9.74. The fourth-order valence-electron chi connectivity index (χ4n) is 7.32. The van der Waals surface area contributed by atoms with Crippen molar-refractivity contribution in [2.45, 2.75) is 117 Å². The van der Waals surface area contributed by atoms with Crippen LogP contribution in [-0.4, -0.2) is 52.5 Å². The summed E-state index contributed by atoms with van der Waals surface area (Å²) >= 11 is 0. The monoisotopic (exact) mass is 452 g/mol. The van der Waals surface area contributed by atoms with Crippen molar-refractivity contribution >= 4 is 5.97 Å². The van der Waals surface area contributed by atoms with Gasteiger partial charge in [0.25, 0.3) is 0 Å². The molecule has 1 heterocycles. The van der Waals surface area contributed by atoms with Crippen molar-refractivity contribution in [3.63, 3.8) is 0 Å². The summed E-state index contributed by atoms with van der Waals surface area (Å²) in [5, 5.41) is 21.2. The number of carbonyl (C=O) groups is 1. The summed E-state index contributed by atoms with van der Waals surface area (Å²) in [6.07, 6.45) is 0.153. The molecule has 0 amide bonds. The van der Waals surface area contributed by atoms with Gasteiger partial charge in [-0.25, -0.2) is 0 Å². The van der Waals surface area contributed by atoms with E-state index in [1.54, 1.807) is 13.8 Å². The molecule has 2 N–H and O–H groups in total. The highest BCUT2D eigenvalue weighted by Crippen LogP contribution is 2.71. The summed E-state index contributed by atoms with van der Waals surface area (Å²) in [5.74, 6) is 2.52. The zero-order valence-corrected chi connectivity index (χ0v) is 20.9. The Kier molecular flexibility index (Phi) is 6.50. The minimum atomic E-state index is -1.24. The first-order valence-corrected chi connectivity index (χ1v) is 12.8. The van der Waals surface area contributed by atoms with Gasteiger partial charge in [-0.2, -0.15) is 0 Å². The van der Waals surface area contributed by atoms with Crippen LogP contribution in [0.3, 0.4) is 0 Å². The number of aliphatic hydroxyl groups excluding tert-OH is 2. The van der Waals surface area contributed by atoms with Gasteiger partial charge in [0.05, 0.1) is 17.6 Å². The highest BCUT2D eigenvalue weighted by atomic mass is 16.7. The minimum absolute atomic E-state index is 0.290. The van der Waals surface area contributed by atoms with Crippen molar-refractivity contribution in [1.82, 2.24) is 0 Å².